The number of nitrogens with two attached hydrogens (primary N) is 1. The van der Waals surface area contributed by atoms with Crippen molar-refractivity contribution >= 4 is 29.2 Å². The number of hydrogen-bond acceptors (Lipinski definition) is 3. The fourth-order valence-corrected chi connectivity index (χ4v) is 3.89. The van der Waals surface area contributed by atoms with Crippen LogP contribution in [0.15, 0.2) is 18.2 Å². The van der Waals surface area contributed by atoms with E-state index in [2.05, 4.69) is 5.32 Å². The summed E-state index contributed by atoms with van der Waals surface area (Å²) >= 11 is 5.84. The molecule has 112 valence electrons. The van der Waals surface area contributed by atoms with Crippen molar-refractivity contribution in [1.82, 2.24) is 5.32 Å². The van der Waals surface area contributed by atoms with Crippen molar-refractivity contribution in [3.05, 3.63) is 28.8 Å². The lowest BCUT2D eigenvalue weighted by molar-refractivity contribution is -0.144. The van der Waals surface area contributed by atoms with Crippen LogP contribution in [-0.2, 0) is 4.79 Å². The predicted molar refractivity (Wildman–Crippen MR) is 79.1 cm³/mol. The Bertz CT molecular complexity index is 605. The molecule has 0 saturated heterocycles. The average Bonchev–Trinajstić information content (AvgIpc) is 3.02. The summed E-state index contributed by atoms with van der Waals surface area (Å²) in [5.41, 5.74) is 6.44. The number of fused-ring (bicyclic) bond motifs is 2. The van der Waals surface area contributed by atoms with Crippen LogP contribution in [-0.4, -0.2) is 23.0 Å². The summed E-state index contributed by atoms with van der Waals surface area (Å²) in [5.74, 6) is -1.12. The Labute approximate surface area is 127 Å². The van der Waals surface area contributed by atoms with Crippen LogP contribution >= 0.6 is 11.6 Å². The van der Waals surface area contributed by atoms with Gasteiger partial charge in [-0.2, -0.15) is 0 Å². The summed E-state index contributed by atoms with van der Waals surface area (Å²) in [5, 5.41) is 12.7. The Kier molecular flexibility index (Phi) is 3.53. The molecule has 0 spiro atoms. The zero-order valence-electron chi connectivity index (χ0n) is 11.4. The number of rotatable bonds is 3. The molecule has 0 aromatic heterocycles. The number of hydrogen-bond donors (Lipinski definition) is 3. The van der Waals surface area contributed by atoms with Crippen LogP contribution in [0.5, 0.6) is 0 Å². The highest BCUT2D eigenvalue weighted by Crippen LogP contribution is 2.48. The first kappa shape index (κ1) is 14.2. The molecular weight excluding hydrogens is 292 g/mol. The minimum Gasteiger partial charge on any atom is -0.481 e. The SMILES string of the molecule is Nc1cc(C(=O)NC2C3CCC(C3)C2C(=O)O)ccc1Cl. The molecular formula is C15H17ClN2O3. The number of amides is 1. The molecule has 0 heterocycles. The van der Waals surface area contributed by atoms with Crippen LogP contribution in [0.3, 0.4) is 0 Å². The molecule has 21 heavy (non-hydrogen) atoms. The van der Waals surface area contributed by atoms with E-state index in [0.717, 1.165) is 19.3 Å². The lowest BCUT2D eigenvalue weighted by atomic mass is 9.84. The lowest BCUT2D eigenvalue weighted by Gasteiger charge is -2.28. The molecule has 1 aromatic rings. The molecule has 4 unspecified atom stereocenters. The van der Waals surface area contributed by atoms with Gasteiger partial charge in [0.2, 0.25) is 0 Å². The second-order valence-corrected chi connectivity index (χ2v) is 6.34. The molecule has 3 rings (SSSR count). The normalized spacial score (nSPS) is 30.3. The Morgan fingerprint density at radius 3 is 2.67 bits per heavy atom. The minimum absolute atomic E-state index is 0.188. The van der Waals surface area contributed by atoms with Crippen LogP contribution in [0.25, 0.3) is 0 Å². The van der Waals surface area contributed by atoms with Gasteiger partial charge >= 0.3 is 5.97 Å². The van der Waals surface area contributed by atoms with E-state index in [0.29, 0.717) is 16.3 Å². The van der Waals surface area contributed by atoms with E-state index in [1.54, 1.807) is 12.1 Å². The molecule has 2 saturated carbocycles. The topological polar surface area (TPSA) is 92.4 Å². The predicted octanol–water partition coefficient (Wildman–Crippen LogP) is 2.15. The monoisotopic (exact) mass is 308 g/mol. The number of carbonyl (C=O) groups excluding carboxylic acids is 1. The standard InChI is InChI=1S/C15H17ClN2O3/c16-10-4-3-9(6-11(10)17)14(19)18-13-8-2-1-7(5-8)12(13)15(20)21/h3-4,6-8,12-13H,1-2,5,17H2,(H,18,19)(H,20,21). The third-order valence-corrected chi connectivity index (χ3v) is 5.10. The van der Waals surface area contributed by atoms with E-state index in [9.17, 15) is 14.7 Å². The van der Waals surface area contributed by atoms with Crippen molar-refractivity contribution < 1.29 is 14.7 Å². The number of nitrogen functional groups attached to an aromatic ring is 1. The van der Waals surface area contributed by atoms with E-state index in [-0.39, 0.29) is 23.8 Å². The van der Waals surface area contributed by atoms with Crippen LogP contribution in [0.4, 0.5) is 5.69 Å². The molecule has 0 aliphatic heterocycles. The summed E-state index contributed by atoms with van der Waals surface area (Å²) in [6.45, 7) is 0. The Hall–Kier alpha value is -1.75. The highest BCUT2D eigenvalue weighted by Gasteiger charge is 2.51. The van der Waals surface area contributed by atoms with E-state index < -0.39 is 11.9 Å². The van der Waals surface area contributed by atoms with Crippen molar-refractivity contribution in [2.24, 2.45) is 17.8 Å². The van der Waals surface area contributed by atoms with Crippen LogP contribution in [0, 0.1) is 17.8 Å². The molecule has 4 atom stereocenters. The van der Waals surface area contributed by atoms with Crippen molar-refractivity contribution in [2.45, 2.75) is 25.3 Å². The zero-order chi connectivity index (χ0) is 15.1. The van der Waals surface area contributed by atoms with Crippen LogP contribution in [0.2, 0.25) is 5.02 Å². The number of carboxylic acids is 1. The highest BCUT2D eigenvalue weighted by atomic mass is 35.5. The number of nitrogens with one attached hydrogen (secondary N) is 1. The summed E-state index contributed by atoms with van der Waals surface area (Å²) in [7, 11) is 0. The summed E-state index contributed by atoms with van der Waals surface area (Å²) in [6.07, 6.45) is 2.83. The molecule has 1 aromatic carbocycles. The summed E-state index contributed by atoms with van der Waals surface area (Å²) < 4.78 is 0. The van der Waals surface area contributed by atoms with Gasteiger partial charge in [0, 0.05) is 11.6 Å². The first-order valence-electron chi connectivity index (χ1n) is 7.06. The highest BCUT2D eigenvalue weighted by molar-refractivity contribution is 6.33. The molecule has 2 aliphatic rings. The molecule has 2 aliphatic carbocycles. The van der Waals surface area contributed by atoms with Gasteiger partial charge in [-0.25, -0.2) is 0 Å². The quantitative estimate of drug-likeness (QED) is 0.746. The molecule has 2 bridgehead atoms. The number of anilines is 1. The maximum absolute atomic E-state index is 12.3. The second-order valence-electron chi connectivity index (χ2n) is 5.93. The molecule has 4 N–H and O–H groups in total. The summed E-state index contributed by atoms with van der Waals surface area (Å²) in [6, 6.07) is 4.39. The van der Waals surface area contributed by atoms with E-state index in [4.69, 9.17) is 17.3 Å². The minimum atomic E-state index is -0.817. The molecule has 0 radical (unpaired) electrons. The first-order valence-corrected chi connectivity index (χ1v) is 7.44. The van der Waals surface area contributed by atoms with Gasteiger partial charge in [-0.3, -0.25) is 9.59 Å². The number of benzene rings is 1. The number of aliphatic carboxylic acids is 1. The number of carbonyl (C=O) groups is 2. The number of halogens is 1. The summed E-state index contributed by atoms with van der Waals surface area (Å²) in [4.78, 5) is 23.7. The van der Waals surface area contributed by atoms with Crippen LogP contribution < -0.4 is 11.1 Å². The first-order chi connectivity index (χ1) is 9.97. The van der Waals surface area contributed by atoms with Gasteiger partial charge in [0.1, 0.15) is 0 Å². The van der Waals surface area contributed by atoms with E-state index in [1.165, 1.54) is 6.07 Å². The van der Waals surface area contributed by atoms with Crippen molar-refractivity contribution in [3.63, 3.8) is 0 Å². The Morgan fingerprint density at radius 2 is 2.00 bits per heavy atom. The third-order valence-electron chi connectivity index (χ3n) is 4.76. The smallest absolute Gasteiger partial charge is 0.308 e. The molecule has 6 heteroatoms. The molecule has 5 nitrogen and oxygen atoms in total. The second kappa shape index (κ2) is 5.22. The van der Waals surface area contributed by atoms with Gasteiger partial charge in [0.25, 0.3) is 5.91 Å². The van der Waals surface area contributed by atoms with Crippen molar-refractivity contribution in [2.75, 3.05) is 5.73 Å². The third kappa shape index (κ3) is 2.46. The number of carboxylic acid groups (broad SMARTS) is 1. The maximum Gasteiger partial charge on any atom is 0.308 e. The van der Waals surface area contributed by atoms with Gasteiger partial charge in [-0.05, 0) is 49.3 Å². The van der Waals surface area contributed by atoms with E-state index >= 15 is 0 Å². The van der Waals surface area contributed by atoms with Gasteiger partial charge in [0.05, 0.1) is 16.6 Å². The molecule has 1 amide bonds. The average molecular weight is 309 g/mol. The van der Waals surface area contributed by atoms with Crippen molar-refractivity contribution in [3.8, 4) is 0 Å². The van der Waals surface area contributed by atoms with Gasteiger partial charge in [-0.1, -0.05) is 11.6 Å². The largest absolute Gasteiger partial charge is 0.481 e. The van der Waals surface area contributed by atoms with Gasteiger partial charge < -0.3 is 16.2 Å². The fraction of sp³-hybridized carbons (Fsp3) is 0.467. The Morgan fingerprint density at radius 1 is 1.29 bits per heavy atom. The van der Waals surface area contributed by atoms with Gasteiger partial charge in [-0.15, -0.1) is 0 Å². The molecule has 2 fully saturated rings. The lowest BCUT2D eigenvalue weighted by Crippen LogP contribution is -2.46. The fourth-order valence-electron chi connectivity index (χ4n) is 3.77. The van der Waals surface area contributed by atoms with E-state index in [1.807, 2.05) is 0 Å². The van der Waals surface area contributed by atoms with Crippen LogP contribution in [0.1, 0.15) is 29.6 Å². The van der Waals surface area contributed by atoms with Gasteiger partial charge in [0.15, 0.2) is 0 Å². The Balaban J connectivity index is 1.77. The maximum atomic E-state index is 12.3. The zero-order valence-corrected chi connectivity index (χ0v) is 12.1. The van der Waals surface area contributed by atoms with Crippen molar-refractivity contribution in [1.29, 1.82) is 0 Å².